The number of carbonyl (C=O) groups is 1. The van der Waals surface area contributed by atoms with E-state index in [9.17, 15) is 4.79 Å². The van der Waals surface area contributed by atoms with Crippen LogP contribution >= 0.6 is 0 Å². The highest BCUT2D eigenvalue weighted by Crippen LogP contribution is 2.42. The molecule has 2 N–H and O–H groups in total. The van der Waals surface area contributed by atoms with Crippen molar-refractivity contribution in [2.24, 2.45) is 5.73 Å². The Morgan fingerprint density at radius 3 is 2.40 bits per heavy atom. The van der Waals surface area contributed by atoms with Crippen molar-refractivity contribution in [1.82, 2.24) is 9.78 Å². The van der Waals surface area contributed by atoms with E-state index in [0.29, 0.717) is 6.42 Å². The predicted octanol–water partition coefficient (Wildman–Crippen LogP) is 3.21. The summed E-state index contributed by atoms with van der Waals surface area (Å²) in [5.74, 6) is -0.534. The van der Waals surface area contributed by atoms with Gasteiger partial charge in [-0.2, -0.15) is 5.10 Å². The summed E-state index contributed by atoms with van der Waals surface area (Å²) in [7, 11) is 5.67. The highest BCUT2D eigenvalue weighted by atomic mass is 16.5. The first-order valence-corrected chi connectivity index (χ1v) is 9.87. The predicted molar refractivity (Wildman–Crippen MR) is 118 cm³/mol. The molecule has 6 nitrogen and oxygen atoms in total. The number of fused-ring (bicyclic) bond motifs is 1. The third-order valence-corrected chi connectivity index (χ3v) is 5.75. The normalized spacial score (nSPS) is 17.6. The number of rotatable bonds is 6. The minimum absolute atomic E-state index is 0.258. The summed E-state index contributed by atoms with van der Waals surface area (Å²) < 4.78 is 7.07. The molecule has 0 fully saturated rings. The molecular weight excluding hydrogens is 376 g/mol. The number of nitrogens with two attached hydrogens (primary N) is 1. The summed E-state index contributed by atoms with van der Waals surface area (Å²) in [6, 6.07) is 19.0. The zero-order valence-corrected chi connectivity index (χ0v) is 17.5. The molecule has 0 bridgehead atoms. The maximum absolute atomic E-state index is 12.0. The minimum atomic E-state index is -0.534. The summed E-state index contributed by atoms with van der Waals surface area (Å²) in [5, 5.41) is 4.43. The molecule has 0 saturated carbocycles. The molecule has 154 valence electrons. The Morgan fingerprint density at radius 1 is 1.13 bits per heavy atom. The molecule has 3 aromatic rings. The number of ether oxygens (including phenoxy) is 1. The lowest BCUT2D eigenvalue weighted by Gasteiger charge is -2.35. The second-order valence-corrected chi connectivity index (χ2v) is 7.78. The molecule has 1 atom stereocenters. The molecule has 1 aromatic heterocycles. The van der Waals surface area contributed by atoms with Crippen molar-refractivity contribution in [2.45, 2.75) is 18.6 Å². The van der Waals surface area contributed by atoms with Crippen LogP contribution in [0.3, 0.4) is 0 Å². The second kappa shape index (κ2) is 7.80. The Balaban J connectivity index is 1.90. The number of benzene rings is 2. The number of methoxy groups -OCH3 is 1. The maximum atomic E-state index is 12.0. The van der Waals surface area contributed by atoms with Crippen LogP contribution in [0.2, 0.25) is 0 Å². The van der Waals surface area contributed by atoms with Gasteiger partial charge in [-0.3, -0.25) is 4.79 Å². The van der Waals surface area contributed by atoms with Gasteiger partial charge in [-0.05, 0) is 23.3 Å². The molecule has 1 aliphatic rings. The third kappa shape index (κ3) is 3.29. The number of hydrogen-bond donors (Lipinski definition) is 1. The molecule has 1 aliphatic carbocycles. The highest BCUT2D eigenvalue weighted by molar-refractivity contribution is 5.95. The molecule has 4 rings (SSSR count). The minimum Gasteiger partial charge on any atom is -0.378 e. The van der Waals surface area contributed by atoms with Crippen LogP contribution in [0.15, 0.2) is 60.7 Å². The summed E-state index contributed by atoms with van der Waals surface area (Å²) in [4.78, 5) is 14.0. The fraction of sp³-hybridized carbons (Fsp3) is 0.250. The molecule has 0 aliphatic heterocycles. The molecule has 1 unspecified atom stereocenters. The smallest absolute Gasteiger partial charge is 0.269 e. The molecule has 0 radical (unpaired) electrons. The van der Waals surface area contributed by atoms with Crippen molar-refractivity contribution in [2.75, 3.05) is 26.1 Å². The van der Waals surface area contributed by atoms with Crippen molar-refractivity contribution in [3.63, 3.8) is 0 Å². The van der Waals surface area contributed by atoms with Crippen molar-refractivity contribution >= 4 is 17.7 Å². The first kappa shape index (κ1) is 19.9. The Morgan fingerprint density at radius 2 is 1.80 bits per heavy atom. The van der Waals surface area contributed by atoms with Crippen LogP contribution in [0.4, 0.5) is 5.69 Å². The Kier molecular flexibility index (Phi) is 5.18. The van der Waals surface area contributed by atoms with Crippen molar-refractivity contribution in [3.05, 3.63) is 88.8 Å². The second-order valence-electron chi connectivity index (χ2n) is 7.78. The maximum Gasteiger partial charge on any atom is 0.269 e. The highest BCUT2D eigenvalue weighted by Gasteiger charge is 2.38. The lowest BCUT2D eigenvalue weighted by atomic mass is 9.68. The van der Waals surface area contributed by atoms with Crippen molar-refractivity contribution in [1.29, 1.82) is 0 Å². The standard InChI is InChI=1S/C24H26N4O2/c1-27(2)19-11-9-18(10-12-19)24(17-7-5-4-6-8-17)14-13-20-21(15-24)28(16-30-3)26-22(20)23(25)29/h4-14H,15-16H2,1-3H3,(H2,25,29). The van der Waals surface area contributed by atoms with E-state index in [-0.39, 0.29) is 17.8 Å². The van der Waals surface area contributed by atoms with E-state index >= 15 is 0 Å². The average Bonchev–Trinajstić information content (AvgIpc) is 3.12. The summed E-state index contributed by atoms with van der Waals surface area (Å²) in [6.45, 7) is 0.258. The van der Waals surface area contributed by atoms with Crippen LogP contribution in [-0.4, -0.2) is 36.9 Å². The van der Waals surface area contributed by atoms with Gasteiger partial charge < -0.3 is 15.4 Å². The number of amides is 1. The number of aromatic nitrogens is 2. The first-order valence-electron chi connectivity index (χ1n) is 9.87. The lowest BCUT2D eigenvalue weighted by Crippen LogP contribution is -2.32. The quantitative estimate of drug-likeness (QED) is 0.687. The molecule has 1 amide bonds. The van der Waals surface area contributed by atoms with Gasteiger partial charge in [-0.1, -0.05) is 54.6 Å². The van der Waals surface area contributed by atoms with Crippen LogP contribution in [0.1, 0.15) is 32.9 Å². The van der Waals surface area contributed by atoms with E-state index in [4.69, 9.17) is 10.5 Å². The molecular formula is C24H26N4O2. The van der Waals surface area contributed by atoms with Crippen molar-refractivity contribution in [3.8, 4) is 0 Å². The largest absolute Gasteiger partial charge is 0.378 e. The third-order valence-electron chi connectivity index (χ3n) is 5.75. The van der Waals surface area contributed by atoms with Crippen LogP contribution < -0.4 is 10.6 Å². The molecule has 1 heterocycles. The summed E-state index contributed by atoms with van der Waals surface area (Å²) >= 11 is 0. The fourth-order valence-electron chi connectivity index (χ4n) is 4.19. The van der Waals surface area contributed by atoms with Crippen molar-refractivity contribution < 1.29 is 9.53 Å². The van der Waals surface area contributed by atoms with E-state index in [1.54, 1.807) is 11.8 Å². The van der Waals surface area contributed by atoms with E-state index in [1.165, 1.54) is 11.1 Å². The van der Waals surface area contributed by atoms with E-state index in [2.05, 4.69) is 64.6 Å². The fourth-order valence-corrected chi connectivity index (χ4v) is 4.19. The average molecular weight is 402 g/mol. The van der Waals surface area contributed by atoms with Gasteiger partial charge in [-0.25, -0.2) is 4.68 Å². The Hall–Kier alpha value is -3.38. The lowest BCUT2D eigenvalue weighted by molar-refractivity contribution is 0.0985. The molecule has 0 saturated heterocycles. The summed E-state index contributed by atoms with van der Waals surface area (Å²) in [5.41, 5.74) is 10.7. The number of allylic oxidation sites excluding steroid dienone is 1. The van der Waals surface area contributed by atoms with Gasteiger partial charge in [0.15, 0.2) is 5.69 Å². The number of anilines is 1. The van der Waals surface area contributed by atoms with Gasteiger partial charge in [0.1, 0.15) is 6.73 Å². The van der Waals surface area contributed by atoms with E-state index < -0.39 is 5.91 Å². The van der Waals surface area contributed by atoms with Crippen LogP contribution in [0, 0.1) is 0 Å². The topological polar surface area (TPSA) is 73.4 Å². The number of carbonyl (C=O) groups excluding carboxylic acids is 1. The Bertz CT molecular complexity index is 1080. The number of primary amides is 1. The van der Waals surface area contributed by atoms with Gasteiger partial charge in [0.05, 0.1) is 5.69 Å². The van der Waals surface area contributed by atoms with Crippen LogP contribution in [0.25, 0.3) is 6.08 Å². The zero-order chi connectivity index (χ0) is 21.3. The van der Waals surface area contributed by atoms with Crippen LogP contribution in [-0.2, 0) is 23.3 Å². The first-order chi connectivity index (χ1) is 14.5. The van der Waals surface area contributed by atoms with Gasteiger partial charge in [0.25, 0.3) is 5.91 Å². The number of hydrogen-bond acceptors (Lipinski definition) is 4. The number of nitrogens with zero attached hydrogens (tertiary/aromatic N) is 3. The molecule has 0 spiro atoms. The molecule has 30 heavy (non-hydrogen) atoms. The van der Waals surface area contributed by atoms with Gasteiger partial charge >= 0.3 is 0 Å². The monoisotopic (exact) mass is 402 g/mol. The molecule has 2 aromatic carbocycles. The van der Waals surface area contributed by atoms with Crippen LogP contribution in [0.5, 0.6) is 0 Å². The van der Waals surface area contributed by atoms with E-state index in [1.807, 2.05) is 26.2 Å². The van der Waals surface area contributed by atoms with Gasteiger partial charge in [0, 0.05) is 44.3 Å². The molecule has 6 heteroatoms. The Labute approximate surface area is 176 Å². The van der Waals surface area contributed by atoms with Gasteiger partial charge in [-0.15, -0.1) is 0 Å². The van der Waals surface area contributed by atoms with E-state index in [0.717, 1.165) is 16.9 Å². The zero-order valence-electron chi connectivity index (χ0n) is 17.5. The van der Waals surface area contributed by atoms with Gasteiger partial charge in [0.2, 0.25) is 0 Å². The SMILES string of the molecule is COCn1nc(C(N)=O)c2c1CC(c1ccccc1)(c1ccc(N(C)C)cc1)C=C2. The summed E-state index contributed by atoms with van der Waals surface area (Å²) in [6.07, 6.45) is 4.79.